The summed E-state index contributed by atoms with van der Waals surface area (Å²) in [5.74, 6) is -4.70. The Hall–Kier alpha value is -0.766. The van der Waals surface area contributed by atoms with Crippen molar-refractivity contribution in [1.82, 2.24) is 0 Å². The van der Waals surface area contributed by atoms with E-state index in [-0.39, 0.29) is 52.2 Å². The van der Waals surface area contributed by atoms with Gasteiger partial charge < -0.3 is 13.6 Å². The molecule has 0 spiro atoms. The van der Waals surface area contributed by atoms with E-state index in [1.54, 1.807) is 0 Å². The maximum absolute atomic E-state index is 14.8. The van der Waals surface area contributed by atoms with Crippen LogP contribution in [-0.4, -0.2) is 46.7 Å². The van der Waals surface area contributed by atoms with E-state index < -0.39 is 58.7 Å². The van der Waals surface area contributed by atoms with Crippen LogP contribution in [0.3, 0.4) is 0 Å². The van der Waals surface area contributed by atoms with Gasteiger partial charge >= 0.3 is 5.97 Å². The highest BCUT2D eigenvalue weighted by Crippen LogP contribution is 2.57. The van der Waals surface area contributed by atoms with E-state index in [2.05, 4.69) is 79.9 Å². The molecule has 10 atom stereocenters. The predicted molar refractivity (Wildman–Crippen MR) is 181 cm³/mol. The zero-order chi connectivity index (χ0) is 34.8. The summed E-state index contributed by atoms with van der Waals surface area (Å²) in [5, 5.41) is 0.0448. The molecule has 0 aromatic rings. The average molecular weight is 636 g/mol. The summed E-state index contributed by atoms with van der Waals surface area (Å²) in [6, 6.07) is 0. The lowest BCUT2D eigenvalue weighted by Gasteiger charge is -2.41. The van der Waals surface area contributed by atoms with Gasteiger partial charge in [0.05, 0.1) is 6.10 Å². The molecule has 0 bridgehead atoms. The largest absolute Gasteiger partial charge is 0.462 e. The first-order chi connectivity index (χ1) is 20.9. The highest BCUT2D eigenvalue weighted by atomic mass is 28.4. The van der Waals surface area contributed by atoms with Gasteiger partial charge in [-0.3, -0.25) is 9.59 Å². The van der Waals surface area contributed by atoms with Crippen LogP contribution >= 0.6 is 0 Å². The summed E-state index contributed by atoms with van der Waals surface area (Å²) in [6.45, 7) is 26.2. The Kier molecular flexibility index (Phi) is 9.18. The highest BCUT2D eigenvalue weighted by Gasteiger charge is 2.55. The standard InChI is InChI=1S/C36H64O5Si2/c1-13-25-15-14-16-32(41-43(11,12)36(6,7)8)23(2)34(38)31-21-29-27(30(31)22-33(37)39-25)18-17-24-19-26(20-28(24)29)40-42(9,10)35(3,4)5/h17-18,23-32H,13-16,19-22H2,1-12H3/t23-,24-,25+,26-,27-,28-,29-,30+,31-,32+/m1/s1/i22D2,31D. The number of ether oxygens (including phenoxy) is 1. The lowest BCUT2D eigenvalue weighted by molar-refractivity contribution is -0.152. The molecule has 1 aliphatic heterocycles. The lowest BCUT2D eigenvalue weighted by atomic mass is 9.71. The summed E-state index contributed by atoms with van der Waals surface area (Å²) in [4.78, 5) is 28.5. The SMILES string of the molecule is [2H]C1([2H])C(=O)O[C@@H](CC)CCC[C@H](O[Si](C)(C)C(C)(C)C)[C@@H](C)C(=O)[C@]2([2H])C[C@@H]3[C@@H](C=C[C@@H]4C[C@@H](O[Si](C)(C)C(C)(C)C)C[C@@H]34)[C@H]12. The van der Waals surface area contributed by atoms with E-state index in [1.807, 2.05) is 13.8 Å². The summed E-state index contributed by atoms with van der Waals surface area (Å²) in [7, 11) is -4.26. The third-order valence-corrected chi connectivity index (χ3v) is 21.3. The van der Waals surface area contributed by atoms with Crippen LogP contribution in [0.25, 0.3) is 0 Å². The number of ketones is 1. The molecule has 4 rings (SSSR count). The van der Waals surface area contributed by atoms with Gasteiger partial charge in [-0.2, -0.15) is 0 Å². The van der Waals surface area contributed by atoms with Crippen molar-refractivity contribution in [3.63, 3.8) is 0 Å². The summed E-state index contributed by atoms with van der Waals surface area (Å²) in [5.41, 5.74) is 0. The molecular weight excluding hydrogens is 569 g/mol. The van der Waals surface area contributed by atoms with E-state index in [0.29, 0.717) is 25.7 Å². The second kappa shape index (κ2) is 12.8. The molecule has 0 aromatic heterocycles. The molecule has 1 heterocycles. The molecule has 2 saturated carbocycles. The van der Waals surface area contributed by atoms with Crippen LogP contribution in [0.5, 0.6) is 0 Å². The highest BCUT2D eigenvalue weighted by molar-refractivity contribution is 6.74. The molecule has 43 heavy (non-hydrogen) atoms. The maximum Gasteiger partial charge on any atom is 0.306 e. The molecule has 0 aromatic carbocycles. The minimum absolute atomic E-state index is 0.0484. The van der Waals surface area contributed by atoms with E-state index >= 15 is 0 Å². The third-order valence-electron chi connectivity index (χ3n) is 12.3. The number of fused-ring (bicyclic) bond motifs is 5. The fraction of sp³-hybridized carbons (Fsp3) is 0.889. The molecule has 0 radical (unpaired) electrons. The van der Waals surface area contributed by atoms with Gasteiger partial charge in [-0.25, -0.2) is 0 Å². The number of hydrogen-bond donors (Lipinski definition) is 0. The molecule has 3 aliphatic carbocycles. The van der Waals surface area contributed by atoms with Crippen LogP contribution in [0.15, 0.2) is 12.2 Å². The quantitative estimate of drug-likeness (QED) is 0.171. The summed E-state index contributed by atoms with van der Waals surface area (Å²) >= 11 is 0. The molecule has 246 valence electrons. The fourth-order valence-corrected chi connectivity index (χ4v) is 10.3. The van der Waals surface area contributed by atoms with Crippen molar-refractivity contribution < 1.29 is 27.3 Å². The Labute approximate surface area is 270 Å². The number of carbonyl (C=O) groups excluding carboxylic acids is 2. The first-order valence-electron chi connectivity index (χ1n) is 18.7. The van der Waals surface area contributed by atoms with E-state index in [4.69, 9.17) is 13.6 Å². The van der Waals surface area contributed by atoms with Crippen LogP contribution in [0.2, 0.25) is 36.3 Å². The van der Waals surface area contributed by atoms with Crippen molar-refractivity contribution in [2.24, 2.45) is 41.4 Å². The van der Waals surface area contributed by atoms with Crippen LogP contribution in [0.4, 0.5) is 0 Å². The van der Waals surface area contributed by atoms with Gasteiger partial charge in [0.2, 0.25) is 0 Å². The summed E-state index contributed by atoms with van der Waals surface area (Å²) in [6.07, 6.45) is 5.63. The van der Waals surface area contributed by atoms with Gasteiger partial charge in [-0.05, 0) is 111 Å². The maximum atomic E-state index is 14.8. The monoisotopic (exact) mass is 635 g/mol. The molecule has 4 aliphatic rings. The zero-order valence-electron chi connectivity index (χ0n) is 32.3. The Morgan fingerprint density at radius 2 is 1.53 bits per heavy atom. The number of Topliss-reactive ketones (excluding diaryl/α,β-unsaturated/α-hetero) is 1. The normalized spacial score (nSPS) is 42.0. The van der Waals surface area contributed by atoms with Crippen molar-refractivity contribution in [3.8, 4) is 0 Å². The number of esters is 1. The topological polar surface area (TPSA) is 61.8 Å². The molecule has 1 saturated heterocycles. The zero-order valence-corrected chi connectivity index (χ0v) is 31.3. The van der Waals surface area contributed by atoms with Gasteiger partial charge in [0.25, 0.3) is 0 Å². The van der Waals surface area contributed by atoms with Crippen molar-refractivity contribution in [2.45, 2.75) is 161 Å². The third kappa shape index (κ3) is 7.46. The predicted octanol–water partition coefficient (Wildman–Crippen LogP) is 9.33. The van der Waals surface area contributed by atoms with Crippen LogP contribution in [0.1, 0.15) is 111 Å². The van der Waals surface area contributed by atoms with Gasteiger partial charge in [0.1, 0.15) is 11.9 Å². The Bertz CT molecular complexity index is 1180. The number of rotatable bonds is 5. The van der Waals surface area contributed by atoms with Crippen molar-refractivity contribution in [1.29, 1.82) is 0 Å². The van der Waals surface area contributed by atoms with Gasteiger partial charge in [0, 0.05) is 28.4 Å². The molecule has 7 heteroatoms. The number of allylic oxidation sites excluding steroid dienone is 2. The van der Waals surface area contributed by atoms with Crippen LogP contribution in [0, 0.1) is 41.4 Å². The minimum Gasteiger partial charge on any atom is -0.462 e. The molecule has 0 amide bonds. The van der Waals surface area contributed by atoms with Crippen LogP contribution in [-0.2, 0) is 23.2 Å². The van der Waals surface area contributed by atoms with Crippen molar-refractivity contribution in [2.75, 3.05) is 0 Å². The lowest BCUT2D eigenvalue weighted by Crippen LogP contribution is -2.47. The molecule has 3 fully saturated rings. The second-order valence-corrected chi connectivity index (χ2v) is 26.7. The van der Waals surface area contributed by atoms with Crippen LogP contribution < -0.4 is 0 Å². The van der Waals surface area contributed by atoms with E-state index in [9.17, 15) is 13.7 Å². The number of hydrogen-bond acceptors (Lipinski definition) is 5. The fourth-order valence-electron chi connectivity index (χ4n) is 7.48. The molecular formula is C36H64O5Si2. The van der Waals surface area contributed by atoms with Crippen molar-refractivity contribution >= 4 is 28.4 Å². The first-order valence-corrected chi connectivity index (χ1v) is 23.0. The number of carbonyl (C=O) groups is 2. The summed E-state index contributed by atoms with van der Waals surface area (Å²) < 4.78 is 48.3. The molecule has 0 unspecified atom stereocenters. The van der Waals surface area contributed by atoms with E-state index in [0.717, 1.165) is 12.8 Å². The van der Waals surface area contributed by atoms with E-state index in [1.165, 1.54) is 0 Å². The first kappa shape index (κ1) is 30.9. The Morgan fingerprint density at radius 3 is 2.14 bits per heavy atom. The molecule has 5 nitrogen and oxygen atoms in total. The van der Waals surface area contributed by atoms with Gasteiger partial charge in [-0.15, -0.1) is 0 Å². The van der Waals surface area contributed by atoms with Gasteiger partial charge in [0.15, 0.2) is 16.6 Å². The molecule has 0 N–H and O–H groups in total. The Balaban J connectivity index is 1.74. The average Bonchev–Trinajstić information content (AvgIpc) is 3.46. The number of cyclic esters (lactones) is 1. The second-order valence-electron chi connectivity index (χ2n) is 17.2. The Morgan fingerprint density at radius 1 is 0.907 bits per heavy atom. The smallest absolute Gasteiger partial charge is 0.306 e. The van der Waals surface area contributed by atoms with Gasteiger partial charge in [-0.1, -0.05) is 67.5 Å². The van der Waals surface area contributed by atoms with Crippen molar-refractivity contribution in [3.05, 3.63) is 12.2 Å². The minimum atomic E-state index is -2.48.